The van der Waals surface area contributed by atoms with Gasteiger partial charge in [0.2, 0.25) is 0 Å². The monoisotopic (exact) mass is 273 g/mol. The van der Waals surface area contributed by atoms with Gasteiger partial charge in [-0.2, -0.15) is 0 Å². The Labute approximate surface area is 121 Å². The van der Waals surface area contributed by atoms with Gasteiger partial charge in [0.15, 0.2) is 0 Å². The molecule has 0 fully saturated rings. The first-order valence-corrected chi connectivity index (χ1v) is 6.70. The zero-order valence-electron chi connectivity index (χ0n) is 12.9. The maximum absolute atomic E-state index is 12.5. The summed E-state index contributed by atoms with van der Waals surface area (Å²) in [5.74, 6) is 5.42. The second-order valence-electron chi connectivity index (χ2n) is 6.23. The molecule has 0 heterocycles. The number of carbonyl (C=O) groups excluding carboxylic acids is 1. The molecule has 0 unspecified atom stereocenters. The van der Waals surface area contributed by atoms with E-state index in [1.54, 1.807) is 18.0 Å². The summed E-state index contributed by atoms with van der Waals surface area (Å²) < 4.78 is 0. The highest BCUT2D eigenvalue weighted by Gasteiger charge is 2.20. The quantitative estimate of drug-likeness (QED) is 0.841. The van der Waals surface area contributed by atoms with E-state index in [0.29, 0.717) is 17.7 Å². The summed E-state index contributed by atoms with van der Waals surface area (Å²) in [4.78, 5) is 14.2. The number of rotatable bonds is 2. The van der Waals surface area contributed by atoms with Gasteiger partial charge in [0.05, 0.1) is 5.56 Å². The molecule has 1 rings (SSSR count). The Balaban J connectivity index is 3.09. The molecule has 0 aliphatic heterocycles. The van der Waals surface area contributed by atoms with Crippen molar-refractivity contribution in [2.24, 2.45) is 5.41 Å². The highest BCUT2D eigenvalue weighted by molar-refractivity contribution is 5.96. The Morgan fingerprint density at radius 1 is 1.35 bits per heavy atom. The standard InChI is InChI=1S/C17H23NO2/c1-13-8-9-15(14(11-13)7-6-10-19)16(20)18(5)12-17(2,3)4/h8-9,11,19H,10,12H2,1-5H3. The Hall–Kier alpha value is -1.79. The second kappa shape index (κ2) is 6.58. The van der Waals surface area contributed by atoms with Gasteiger partial charge < -0.3 is 10.0 Å². The number of aryl methyl sites for hydroxylation is 1. The summed E-state index contributed by atoms with van der Waals surface area (Å²) in [6.07, 6.45) is 0. The first-order chi connectivity index (χ1) is 9.24. The minimum atomic E-state index is -0.209. The molecule has 0 aromatic heterocycles. The van der Waals surface area contributed by atoms with Gasteiger partial charge in [-0.1, -0.05) is 38.7 Å². The van der Waals surface area contributed by atoms with E-state index in [2.05, 4.69) is 32.6 Å². The van der Waals surface area contributed by atoms with Gasteiger partial charge in [-0.25, -0.2) is 0 Å². The van der Waals surface area contributed by atoms with Crippen molar-refractivity contribution in [3.8, 4) is 11.8 Å². The van der Waals surface area contributed by atoms with Crippen LogP contribution in [0, 0.1) is 24.2 Å². The molecule has 0 radical (unpaired) electrons. The Kier molecular flexibility index (Phi) is 5.35. The van der Waals surface area contributed by atoms with Crippen LogP contribution in [0.15, 0.2) is 18.2 Å². The maximum Gasteiger partial charge on any atom is 0.254 e. The number of hydrogen-bond acceptors (Lipinski definition) is 2. The molecule has 0 aliphatic carbocycles. The molecule has 3 heteroatoms. The third-order valence-electron chi connectivity index (χ3n) is 2.77. The van der Waals surface area contributed by atoms with Gasteiger partial charge in [0, 0.05) is 19.2 Å². The number of carbonyl (C=O) groups is 1. The fraction of sp³-hybridized carbons (Fsp3) is 0.471. The lowest BCUT2D eigenvalue weighted by Crippen LogP contribution is -2.34. The summed E-state index contributed by atoms with van der Waals surface area (Å²) in [6.45, 7) is 8.71. The van der Waals surface area contributed by atoms with Crippen LogP contribution in [-0.2, 0) is 0 Å². The molecular weight excluding hydrogens is 250 g/mol. The van der Waals surface area contributed by atoms with Gasteiger partial charge in [-0.3, -0.25) is 4.79 Å². The molecule has 0 saturated heterocycles. The van der Waals surface area contributed by atoms with E-state index in [4.69, 9.17) is 5.11 Å². The van der Waals surface area contributed by atoms with Crippen LogP contribution in [0.5, 0.6) is 0 Å². The van der Waals surface area contributed by atoms with Crippen LogP contribution < -0.4 is 0 Å². The summed E-state index contributed by atoms with van der Waals surface area (Å²) in [5.41, 5.74) is 2.35. The van der Waals surface area contributed by atoms with Crippen LogP contribution in [0.4, 0.5) is 0 Å². The molecule has 0 bridgehead atoms. The third-order valence-corrected chi connectivity index (χ3v) is 2.77. The number of aliphatic hydroxyl groups excluding tert-OH is 1. The highest BCUT2D eigenvalue weighted by atomic mass is 16.2. The number of benzene rings is 1. The molecule has 0 spiro atoms. The van der Waals surface area contributed by atoms with E-state index < -0.39 is 0 Å². The van der Waals surface area contributed by atoms with Crippen LogP contribution >= 0.6 is 0 Å². The molecule has 0 atom stereocenters. The van der Waals surface area contributed by atoms with Gasteiger partial charge in [0.25, 0.3) is 5.91 Å². The van der Waals surface area contributed by atoms with Crippen LogP contribution in [0.25, 0.3) is 0 Å². The molecule has 0 saturated carbocycles. The van der Waals surface area contributed by atoms with E-state index in [1.807, 2.05) is 19.1 Å². The van der Waals surface area contributed by atoms with Crippen molar-refractivity contribution in [3.63, 3.8) is 0 Å². The smallest absolute Gasteiger partial charge is 0.254 e. The molecule has 108 valence electrons. The van der Waals surface area contributed by atoms with Crippen LogP contribution in [0.3, 0.4) is 0 Å². The summed E-state index contributed by atoms with van der Waals surface area (Å²) >= 11 is 0. The minimum absolute atomic E-state index is 0.0397. The highest BCUT2D eigenvalue weighted by Crippen LogP contribution is 2.18. The van der Waals surface area contributed by atoms with E-state index in [-0.39, 0.29) is 17.9 Å². The predicted octanol–water partition coefficient (Wildman–Crippen LogP) is 2.46. The fourth-order valence-corrected chi connectivity index (χ4v) is 2.07. The van der Waals surface area contributed by atoms with E-state index in [0.717, 1.165) is 5.56 Å². The molecule has 0 aliphatic rings. The fourth-order valence-electron chi connectivity index (χ4n) is 2.07. The lowest BCUT2D eigenvalue weighted by Gasteiger charge is -2.27. The molecule has 1 N–H and O–H groups in total. The normalized spacial score (nSPS) is 10.7. The van der Waals surface area contributed by atoms with Crippen LogP contribution in [0.1, 0.15) is 42.3 Å². The van der Waals surface area contributed by atoms with Gasteiger partial charge in [-0.15, -0.1) is 0 Å². The average molecular weight is 273 g/mol. The largest absolute Gasteiger partial charge is 0.384 e. The Bertz CT molecular complexity index is 544. The van der Waals surface area contributed by atoms with Crippen molar-refractivity contribution in [1.82, 2.24) is 4.90 Å². The van der Waals surface area contributed by atoms with Crippen molar-refractivity contribution >= 4 is 5.91 Å². The molecular formula is C17H23NO2. The van der Waals surface area contributed by atoms with Crippen LogP contribution in [0.2, 0.25) is 0 Å². The van der Waals surface area contributed by atoms with Crippen molar-refractivity contribution < 1.29 is 9.90 Å². The predicted molar refractivity (Wildman–Crippen MR) is 81.6 cm³/mol. The summed E-state index contributed by atoms with van der Waals surface area (Å²) in [6, 6.07) is 5.58. The van der Waals surface area contributed by atoms with Crippen molar-refractivity contribution in [1.29, 1.82) is 0 Å². The SMILES string of the molecule is Cc1ccc(C(=O)N(C)CC(C)(C)C)c(C#CCO)c1. The minimum Gasteiger partial charge on any atom is -0.384 e. The van der Waals surface area contributed by atoms with E-state index >= 15 is 0 Å². The molecule has 20 heavy (non-hydrogen) atoms. The molecule has 1 amide bonds. The van der Waals surface area contributed by atoms with Gasteiger partial charge >= 0.3 is 0 Å². The lowest BCUT2D eigenvalue weighted by atomic mass is 9.95. The zero-order valence-corrected chi connectivity index (χ0v) is 12.9. The topological polar surface area (TPSA) is 40.5 Å². The first-order valence-electron chi connectivity index (χ1n) is 6.70. The summed E-state index contributed by atoms with van der Waals surface area (Å²) in [5, 5.41) is 8.82. The molecule has 1 aromatic rings. The third kappa shape index (κ3) is 4.71. The molecule has 1 aromatic carbocycles. The lowest BCUT2D eigenvalue weighted by molar-refractivity contribution is 0.0745. The number of aliphatic hydroxyl groups is 1. The maximum atomic E-state index is 12.5. The number of amides is 1. The van der Waals surface area contributed by atoms with Crippen molar-refractivity contribution in [3.05, 3.63) is 34.9 Å². The molecule has 3 nitrogen and oxygen atoms in total. The second-order valence-corrected chi connectivity index (χ2v) is 6.23. The van der Waals surface area contributed by atoms with E-state index in [1.165, 1.54) is 0 Å². The Morgan fingerprint density at radius 2 is 2.00 bits per heavy atom. The van der Waals surface area contributed by atoms with Gasteiger partial charge in [0.1, 0.15) is 6.61 Å². The average Bonchev–Trinajstić information content (AvgIpc) is 2.33. The first kappa shape index (κ1) is 16.3. The summed E-state index contributed by atoms with van der Waals surface area (Å²) in [7, 11) is 1.80. The van der Waals surface area contributed by atoms with E-state index in [9.17, 15) is 4.79 Å². The van der Waals surface area contributed by atoms with Gasteiger partial charge in [-0.05, 0) is 30.0 Å². The Morgan fingerprint density at radius 3 is 2.55 bits per heavy atom. The van der Waals surface area contributed by atoms with Crippen molar-refractivity contribution in [2.75, 3.05) is 20.2 Å². The van der Waals surface area contributed by atoms with Crippen molar-refractivity contribution in [2.45, 2.75) is 27.7 Å². The number of nitrogens with zero attached hydrogens (tertiary/aromatic N) is 1. The van der Waals surface area contributed by atoms with Crippen LogP contribution in [-0.4, -0.2) is 36.1 Å². The number of hydrogen-bond donors (Lipinski definition) is 1. The zero-order chi connectivity index (χ0) is 15.3.